The van der Waals surface area contributed by atoms with Crippen LogP contribution in [0.4, 0.5) is 14.4 Å². The first-order chi connectivity index (χ1) is 30.1. The largest absolute Gasteiger partial charge is 0.481 e. The number of nitrogens with one attached hydrogen (secondary N) is 1. The van der Waals surface area contributed by atoms with Gasteiger partial charge in [-0.15, -0.1) is 0 Å². The smallest absolute Gasteiger partial charge is 0.410 e. The van der Waals surface area contributed by atoms with Crippen molar-refractivity contribution in [1.82, 2.24) is 20.0 Å². The molecule has 4 saturated heterocycles. The molecule has 21 heteroatoms. The van der Waals surface area contributed by atoms with Gasteiger partial charge in [0.05, 0.1) is 90.6 Å². The summed E-state index contributed by atoms with van der Waals surface area (Å²) in [4.78, 5) is 51.3. The summed E-state index contributed by atoms with van der Waals surface area (Å²) in [7, 11) is 3.21. The molecule has 0 bridgehead atoms. The van der Waals surface area contributed by atoms with Crippen LogP contribution >= 0.6 is 0 Å². The molecule has 4 rings (SSSR count). The number of morpholine rings is 4. The molecule has 4 atom stereocenters. The highest BCUT2D eigenvalue weighted by Gasteiger charge is 2.34. The summed E-state index contributed by atoms with van der Waals surface area (Å²) in [5.74, 6) is -0.950. The first-order valence-corrected chi connectivity index (χ1v) is 22.1. The number of carbonyl (C=O) groups excluding carboxylic acids is 3. The topological polar surface area (TPSA) is 232 Å². The van der Waals surface area contributed by atoms with Gasteiger partial charge in [-0.2, -0.15) is 0 Å². The molecule has 0 aromatic heterocycles. The molecule has 3 amide bonds. The molecule has 0 aromatic carbocycles. The predicted octanol–water partition coefficient (Wildman–Crippen LogP) is 3.72. The van der Waals surface area contributed by atoms with Crippen molar-refractivity contribution >= 4 is 24.2 Å². The highest BCUT2D eigenvalue weighted by Crippen LogP contribution is 2.19. The van der Waals surface area contributed by atoms with Crippen molar-refractivity contribution in [3.63, 3.8) is 0 Å². The summed E-state index contributed by atoms with van der Waals surface area (Å²) in [6.07, 6.45) is 1.01. The second-order valence-corrected chi connectivity index (χ2v) is 18.3. The third-order valence-corrected chi connectivity index (χ3v) is 9.05. The van der Waals surface area contributed by atoms with Crippen LogP contribution in [0.3, 0.4) is 0 Å². The zero-order valence-electron chi connectivity index (χ0n) is 40.5. The summed E-state index contributed by atoms with van der Waals surface area (Å²) in [5.41, 5.74) is -1.55. The van der Waals surface area contributed by atoms with Gasteiger partial charge in [-0.05, 0) is 81.6 Å². The number of amides is 3. The van der Waals surface area contributed by atoms with Crippen molar-refractivity contribution in [3.05, 3.63) is 0 Å². The molecule has 0 aliphatic carbocycles. The second-order valence-electron chi connectivity index (χ2n) is 18.3. The normalized spacial score (nSPS) is 21.7. The van der Waals surface area contributed by atoms with Crippen molar-refractivity contribution in [2.75, 3.05) is 127 Å². The van der Waals surface area contributed by atoms with Gasteiger partial charge in [-0.25, -0.2) is 14.4 Å². The number of carboxylic acids is 1. The lowest BCUT2D eigenvalue weighted by molar-refractivity contribution is -0.139. The Morgan fingerprint density at radius 2 is 0.969 bits per heavy atom. The van der Waals surface area contributed by atoms with E-state index in [1.54, 1.807) is 44.8 Å². The number of carboxylic acid groups (broad SMARTS) is 1. The number of methoxy groups -OCH3 is 2. The van der Waals surface area contributed by atoms with Gasteiger partial charge in [0.25, 0.3) is 0 Å². The Morgan fingerprint density at radius 3 is 1.34 bits per heavy atom. The summed E-state index contributed by atoms with van der Waals surface area (Å²) >= 11 is 0. The van der Waals surface area contributed by atoms with Crippen LogP contribution in [0.1, 0.15) is 88.0 Å². The Bertz CT molecular complexity index is 1280. The second kappa shape index (κ2) is 31.7. The van der Waals surface area contributed by atoms with Crippen molar-refractivity contribution < 1.29 is 81.5 Å². The van der Waals surface area contributed by atoms with Crippen molar-refractivity contribution in [2.24, 2.45) is 0 Å². The molecule has 3 N–H and O–H groups in total. The average Bonchev–Trinajstić information content (AvgIpc) is 3.21. The zero-order valence-corrected chi connectivity index (χ0v) is 40.5. The van der Waals surface area contributed by atoms with Gasteiger partial charge in [-0.1, -0.05) is 0 Å². The summed E-state index contributed by atoms with van der Waals surface area (Å²) in [5, 5.41) is 21.0. The first kappa shape index (κ1) is 58.9. The lowest BCUT2D eigenvalue weighted by Gasteiger charge is -2.36. The van der Waals surface area contributed by atoms with Crippen LogP contribution in [0.5, 0.6) is 0 Å². The lowest BCUT2D eigenvalue weighted by atomic mass is 10.1. The molecule has 4 unspecified atom stereocenters. The number of ether oxygens (including phenoxy) is 11. The Hall–Kier alpha value is -3.12. The molecule has 64 heavy (non-hydrogen) atoms. The fraction of sp³-hybridized carbons (Fsp3) is 0.907. The third-order valence-electron chi connectivity index (χ3n) is 9.05. The van der Waals surface area contributed by atoms with Crippen LogP contribution in [0.15, 0.2) is 0 Å². The molecule has 0 radical (unpaired) electrons. The van der Waals surface area contributed by atoms with Gasteiger partial charge in [0.1, 0.15) is 30.4 Å². The fourth-order valence-corrected chi connectivity index (χ4v) is 6.18. The van der Waals surface area contributed by atoms with E-state index in [4.69, 9.17) is 62.3 Å². The maximum absolute atomic E-state index is 12.1. The average molecular weight is 927 g/mol. The maximum atomic E-state index is 12.1. The van der Waals surface area contributed by atoms with Crippen LogP contribution in [0, 0.1) is 0 Å². The highest BCUT2D eigenvalue weighted by atomic mass is 16.7. The van der Waals surface area contributed by atoms with E-state index in [-0.39, 0.29) is 50.7 Å². The minimum atomic E-state index is -0.950. The summed E-state index contributed by atoms with van der Waals surface area (Å²) in [6, 6.07) is -0.0687. The summed E-state index contributed by atoms with van der Waals surface area (Å²) < 4.78 is 57.1. The number of aliphatic carboxylic acids is 1. The van der Waals surface area contributed by atoms with E-state index in [1.807, 2.05) is 41.5 Å². The Kier molecular flexibility index (Phi) is 29.2. The van der Waals surface area contributed by atoms with Gasteiger partial charge in [0.15, 0.2) is 0 Å². The number of aliphatic hydroxyl groups excluding tert-OH is 1. The zero-order chi connectivity index (χ0) is 48.2. The molecule has 4 aliphatic rings. The van der Waals surface area contributed by atoms with Crippen molar-refractivity contribution in [1.29, 1.82) is 0 Å². The van der Waals surface area contributed by atoms with Gasteiger partial charge in [0, 0.05) is 53.0 Å². The van der Waals surface area contributed by atoms with Gasteiger partial charge < -0.3 is 77.4 Å². The standard InChI is InChI=1S/C13H25NO5.C11H19NO5.C11H21NO4.C8H17NO3/c1-13(2,3)19-12(15)14-6-8-17-9-11(14)5-7-18-10-16-4;1-11(2,3)17-10(15)12-4-5-16-7-8(12)6-9(13)14;1-11(2,3)16-10(14)12-5-7-15-8-9(12)4-6-13;1-10-7-12-4-2-8-6-11-5-3-9-8/h11H,5-10H2,1-4H3;8H,4-7H2,1-3H3,(H,13,14);9,13H,4-8H2,1-3H3;8-9H,2-7H2,1H3. The molecule has 376 valence electrons. The Labute approximate surface area is 380 Å². The van der Waals surface area contributed by atoms with E-state index in [9.17, 15) is 19.2 Å². The van der Waals surface area contributed by atoms with Gasteiger partial charge >= 0.3 is 24.2 Å². The number of hydrogen-bond acceptors (Lipinski definition) is 17. The minimum absolute atomic E-state index is 0.000422. The monoisotopic (exact) mass is 927 g/mol. The number of nitrogens with zero attached hydrogens (tertiary/aromatic N) is 3. The van der Waals surface area contributed by atoms with Crippen LogP contribution in [-0.4, -0.2) is 217 Å². The molecule has 4 fully saturated rings. The Balaban J connectivity index is 0.000000431. The molecule has 21 nitrogen and oxygen atoms in total. The number of rotatable bonds is 14. The quantitative estimate of drug-likeness (QED) is 0.128. The minimum Gasteiger partial charge on any atom is -0.481 e. The van der Waals surface area contributed by atoms with Crippen molar-refractivity contribution in [3.8, 4) is 0 Å². The van der Waals surface area contributed by atoms with E-state index in [0.29, 0.717) is 85.0 Å². The molecule has 0 spiro atoms. The number of aliphatic hydroxyl groups is 1. The fourth-order valence-electron chi connectivity index (χ4n) is 6.18. The van der Waals surface area contributed by atoms with Gasteiger partial charge in [-0.3, -0.25) is 9.69 Å². The molecule has 0 saturated carbocycles. The highest BCUT2D eigenvalue weighted by molar-refractivity contribution is 5.72. The van der Waals surface area contributed by atoms with E-state index in [0.717, 1.165) is 32.8 Å². The Morgan fingerprint density at radius 1 is 0.578 bits per heavy atom. The summed E-state index contributed by atoms with van der Waals surface area (Å²) in [6.45, 7) is 25.2. The third kappa shape index (κ3) is 28.0. The number of carbonyl (C=O) groups is 4. The van der Waals surface area contributed by atoms with E-state index in [2.05, 4.69) is 5.32 Å². The van der Waals surface area contributed by atoms with Crippen LogP contribution < -0.4 is 5.32 Å². The SMILES string of the molecule is CC(C)(C)OC(=O)N1CCOCC1CC(=O)O.CC(C)(C)OC(=O)N1CCOCC1CCO.COCOCCC1COCCN1.COCOCCC1COCCN1C(=O)OC(C)(C)C. The molecule has 4 aliphatic heterocycles. The van der Waals surface area contributed by atoms with Crippen molar-refractivity contribution in [2.45, 2.75) is 129 Å². The van der Waals surface area contributed by atoms with E-state index in [1.165, 1.54) is 4.90 Å². The first-order valence-electron chi connectivity index (χ1n) is 22.1. The number of hydrogen-bond donors (Lipinski definition) is 3. The van der Waals surface area contributed by atoms with E-state index < -0.39 is 34.9 Å². The van der Waals surface area contributed by atoms with Gasteiger partial charge in [0.2, 0.25) is 0 Å². The van der Waals surface area contributed by atoms with Crippen LogP contribution in [0.2, 0.25) is 0 Å². The lowest BCUT2D eigenvalue weighted by Crippen LogP contribution is -2.51. The molecule has 4 heterocycles. The molecular weight excluding hydrogens is 844 g/mol. The van der Waals surface area contributed by atoms with Crippen LogP contribution in [0.25, 0.3) is 0 Å². The predicted molar refractivity (Wildman–Crippen MR) is 234 cm³/mol. The van der Waals surface area contributed by atoms with Crippen LogP contribution in [-0.2, 0) is 56.9 Å². The van der Waals surface area contributed by atoms with E-state index >= 15 is 0 Å². The maximum Gasteiger partial charge on any atom is 0.410 e. The molecule has 0 aromatic rings. The molecular formula is C43H82N4O17.